The first kappa shape index (κ1) is 15.2. The van der Waals surface area contributed by atoms with E-state index in [9.17, 15) is 9.90 Å². The van der Waals surface area contributed by atoms with Crippen molar-refractivity contribution < 1.29 is 9.90 Å². The van der Waals surface area contributed by atoms with Crippen molar-refractivity contribution in [3.8, 4) is 0 Å². The third-order valence-electron chi connectivity index (χ3n) is 2.83. The van der Waals surface area contributed by atoms with E-state index in [-0.39, 0.29) is 18.9 Å². The maximum atomic E-state index is 11.8. The van der Waals surface area contributed by atoms with Crippen LogP contribution in [0.25, 0.3) is 0 Å². The van der Waals surface area contributed by atoms with Gasteiger partial charge in [0.05, 0.1) is 23.2 Å². The third kappa shape index (κ3) is 4.13. The van der Waals surface area contributed by atoms with Crippen LogP contribution < -0.4 is 5.32 Å². The molecule has 0 aliphatic rings. The molecule has 2 aromatic heterocycles. The number of carbonyl (C=O) groups is 1. The van der Waals surface area contributed by atoms with Crippen molar-refractivity contribution in [2.75, 3.05) is 6.54 Å². The summed E-state index contributed by atoms with van der Waals surface area (Å²) in [6.07, 6.45) is -0.383. The molecular formula is C14H18N2O2S2. The van der Waals surface area contributed by atoms with E-state index in [1.54, 1.807) is 11.3 Å². The highest BCUT2D eigenvalue weighted by atomic mass is 32.1. The number of carbonyl (C=O) groups excluding carboxylic acids is 1. The first-order chi connectivity index (χ1) is 9.56. The monoisotopic (exact) mass is 310 g/mol. The van der Waals surface area contributed by atoms with E-state index in [0.29, 0.717) is 5.92 Å². The van der Waals surface area contributed by atoms with Gasteiger partial charge in [-0.3, -0.25) is 4.79 Å². The zero-order chi connectivity index (χ0) is 14.5. The summed E-state index contributed by atoms with van der Waals surface area (Å²) in [7, 11) is 0. The van der Waals surface area contributed by atoms with Gasteiger partial charge in [0.25, 0.3) is 0 Å². The van der Waals surface area contributed by atoms with E-state index in [2.05, 4.69) is 24.1 Å². The predicted octanol–water partition coefficient (Wildman–Crippen LogP) is 2.72. The molecule has 2 rings (SSSR count). The quantitative estimate of drug-likeness (QED) is 0.862. The van der Waals surface area contributed by atoms with Crippen molar-refractivity contribution in [1.29, 1.82) is 0 Å². The van der Waals surface area contributed by atoms with Gasteiger partial charge in [0.2, 0.25) is 5.91 Å². The fourth-order valence-electron chi connectivity index (χ4n) is 1.69. The van der Waals surface area contributed by atoms with Crippen LogP contribution in [0.2, 0.25) is 0 Å². The van der Waals surface area contributed by atoms with Crippen LogP contribution in [0, 0.1) is 0 Å². The summed E-state index contributed by atoms with van der Waals surface area (Å²) in [6.45, 7) is 4.40. The van der Waals surface area contributed by atoms with Crippen molar-refractivity contribution >= 4 is 28.6 Å². The lowest BCUT2D eigenvalue weighted by Crippen LogP contribution is -2.29. The lowest BCUT2D eigenvalue weighted by molar-refractivity contribution is -0.120. The van der Waals surface area contributed by atoms with Crippen LogP contribution in [0.4, 0.5) is 0 Å². The highest BCUT2D eigenvalue weighted by Crippen LogP contribution is 2.19. The number of aliphatic hydroxyl groups excluding tert-OH is 1. The number of hydrogen-bond acceptors (Lipinski definition) is 5. The number of aliphatic hydroxyl groups is 1. The molecule has 0 aromatic carbocycles. The molecule has 2 aromatic rings. The topological polar surface area (TPSA) is 62.2 Å². The van der Waals surface area contributed by atoms with Crippen molar-refractivity contribution in [3.63, 3.8) is 0 Å². The zero-order valence-electron chi connectivity index (χ0n) is 11.5. The minimum Gasteiger partial charge on any atom is -0.387 e. The fourth-order valence-corrected chi connectivity index (χ4v) is 3.23. The van der Waals surface area contributed by atoms with Crippen LogP contribution in [-0.2, 0) is 11.2 Å². The molecular weight excluding hydrogens is 292 g/mol. The highest BCUT2D eigenvalue weighted by Gasteiger charge is 2.12. The molecule has 108 valence electrons. The van der Waals surface area contributed by atoms with Crippen LogP contribution in [-0.4, -0.2) is 22.5 Å². The summed E-state index contributed by atoms with van der Waals surface area (Å²) in [4.78, 5) is 16.2. The summed E-state index contributed by atoms with van der Waals surface area (Å²) in [5.41, 5.74) is 1.63. The van der Waals surface area contributed by atoms with Crippen molar-refractivity contribution in [3.05, 3.63) is 38.5 Å². The fraction of sp³-hybridized carbons (Fsp3) is 0.429. The molecule has 0 aliphatic heterocycles. The second-order valence-corrected chi connectivity index (χ2v) is 6.55. The van der Waals surface area contributed by atoms with Gasteiger partial charge in [0, 0.05) is 17.8 Å². The Morgan fingerprint density at radius 3 is 2.85 bits per heavy atom. The molecule has 1 amide bonds. The molecule has 0 bridgehead atoms. The largest absolute Gasteiger partial charge is 0.387 e. The summed E-state index contributed by atoms with van der Waals surface area (Å²) >= 11 is 3.11. The minimum absolute atomic E-state index is 0.111. The standard InChI is InChI=1S/C14H18N2O2S2/c1-9(2)14-16-11(8-20-14)5-13(18)15-6-12(17)10-3-4-19-7-10/h3-4,7-9,12,17H,5-6H2,1-2H3,(H,15,18). The average molecular weight is 310 g/mol. The summed E-state index contributed by atoms with van der Waals surface area (Å²) in [5, 5.41) is 19.4. The molecule has 1 unspecified atom stereocenters. The summed E-state index contributed by atoms with van der Waals surface area (Å²) < 4.78 is 0. The normalized spacial score (nSPS) is 12.6. The molecule has 1 atom stereocenters. The molecule has 2 N–H and O–H groups in total. The van der Waals surface area contributed by atoms with Crippen LogP contribution in [0.15, 0.2) is 22.2 Å². The number of thiophene rings is 1. The predicted molar refractivity (Wildman–Crippen MR) is 82.2 cm³/mol. The number of hydrogen-bond donors (Lipinski definition) is 2. The Labute approximate surface area is 126 Å². The molecule has 0 saturated carbocycles. The first-order valence-corrected chi connectivity index (χ1v) is 8.29. The molecule has 6 heteroatoms. The van der Waals surface area contributed by atoms with Crippen molar-refractivity contribution in [2.45, 2.75) is 32.3 Å². The maximum absolute atomic E-state index is 11.8. The van der Waals surface area contributed by atoms with E-state index in [1.165, 1.54) is 11.3 Å². The Kier molecular flexibility index (Phi) is 5.28. The summed E-state index contributed by atoms with van der Waals surface area (Å²) in [6, 6.07) is 1.86. The minimum atomic E-state index is -0.646. The zero-order valence-corrected chi connectivity index (χ0v) is 13.1. The van der Waals surface area contributed by atoms with Gasteiger partial charge in [-0.25, -0.2) is 4.98 Å². The van der Waals surface area contributed by atoms with Gasteiger partial charge < -0.3 is 10.4 Å². The van der Waals surface area contributed by atoms with Crippen LogP contribution in [0.1, 0.15) is 42.1 Å². The molecule has 4 nitrogen and oxygen atoms in total. The van der Waals surface area contributed by atoms with Crippen LogP contribution in [0.3, 0.4) is 0 Å². The number of thiazole rings is 1. The van der Waals surface area contributed by atoms with E-state index in [4.69, 9.17) is 0 Å². The van der Waals surface area contributed by atoms with Gasteiger partial charge in [-0.05, 0) is 22.4 Å². The Bertz CT molecular complexity index is 549. The van der Waals surface area contributed by atoms with Gasteiger partial charge in [-0.1, -0.05) is 13.8 Å². The highest BCUT2D eigenvalue weighted by molar-refractivity contribution is 7.09. The Morgan fingerprint density at radius 2 is 2.25 bits per heavy atom. The van der Waals surface area contributed by atoms with Gasteiger partial charge >= 0.3 is 0 Å². The Morgan fingerprint density at radius 1 is 1.45 bits per heavy atom. The van der Waals surface area contributed by atoms with E-state index in [0.717, 1.165) is 16.3 Å². The molecule has 0 radical (unpaired) electrons. The first-order valence-electron chi connectivity index (χ1n) is 6.47. The smallest absolute Gasteiger partial charge is 0.226 e. The second-order valence-electron chi connectivity index (χ2n) is 4.89. The Balaban J connectivity index is 1.80. The number of amides is 1. The van der Waals surface area contributed by atoms with E-state index in [1.807, 2.05) is 22.2 Å². The van der Waals surface area contributed by atoms with Crippen molar-refractivity contribution in [1.82, 2.24) is 10.3 Å². The van der Waals surface area contributed by atoms with Crippen LogP contribution in [0.5, 0.6) is 0 Å². The Hall–Kier alpha value is -1.24. The maximum Gasteiger partial charge on any atom is 0.226 e. The summed E-state index contributed by atoms with van der Waals surface area (Å²) in [5.74, 6) is 0.275. The number of nitrogens with one attached hydrogen (secondary N) is 1. The second kappa shape index (κ2) is 6.97. The van der Waals surface area contributed by atoms with Crippen LogP contribution >= 0.6 is 22.7 Å². The number of aromatic nitrogens is 1. The van der Waals surface area contributed by atoms with E-state index < -0.39 is 6.10 Å². The van der Waals surface area contributed by atoms with Gasteiger partial charge in [-0.2, -0.15) is 11.3 Å². The average Bonchev–Trinajstić information content (AvgIpc) is 3.06. The van der Waals surface area contributed by atoms with E-state index >= 15 is 0 Å². The van der Waals surface area contributed by atoms with Gasteiger partial charge in [0.1, 0.15) is 0 Å². The lowest BCUT2D eigenvalue weighted by Gasteiger charge is -2.10. The molecule has 0 saturated heterocycles. The number of rotatable bonds is 6. The third-order valence-corrected chi connectivity index (χ3v) is 4.72. The molecule has 0 aliphatic carbocycles. The molecule has 20 heavy (non-hydrogen) atoms. The van der Waals surface area contributed by atoms with Gasteiger partial charge in [0.15, 0.2) is 0 Å². The van der Waals surface area contributed by atoms with Crippen molar-refractivity contribution in [2.24, 2.45) is 0 Å². The molecule has 2 heterocycles. The lowest BCUT2D eigenvalue weighted by atomic mass is 10.2. The molecule has 0 fully saturated rings. The number of nitrogens with zero attached hydrogens (tertiary/aromatic N) is 1. The molecule has 0 spiro atoms. The van der Waals surface area contributed by atoms with Gasteiger partial charge in [-0.15, -0.1) is 11.3 Å². The SMILES string of the molecule is CC(C)c1nc(CC(=O)NCC(O)c2ccsc2)cs1.